The molecule has 6 heteroatoms. The normalized spacial score (nSPS) is 14.2. The van der Waals surface area contributed by atoms with E-state index in [1.165, 1.54) is 0 Å². The van der Waals surface area contributed by atoms with Crippen molar-refractivity contribution in [1.29, 1.82) is 0 Å². The van der Waals surface area contributed by atoms with Crippen LogP contribution in [-0.2, 0) is 11.8 Å². The molecule has 1 saturated heterocycles. The molecule has 3 aromatic rings. The first-order chi connectivity index (χ1) is 13.2. The molecule has 138 valence electrons. The van der Waals surface area contributed by atoms with Crippen molar-refractivity contribution in [2.24, 2.45) is 7.05 Å². The number of hydrogen-bond acceptors (Lipinski definition) is 4. The Kier molecular flexibility index (Phi) is 4.89. The maximum atomic E-state index is 12.9. The molecule has 0 atom stereocenters. The largest absolute Gasteiger partial charge is 0.378 e. The number of benzene rings is 2. The lowest BCUT2D eigenvalue weighted by molar-refractivity contribution is 0.102. The minimum atomic E-state index is -0.124. The van der Waals surface area contributed by atoms with Crippen molar-refractivity contribution < 1.29 is 9.53 Å². The highest BCUT2D eigenvalue weighted by Gasteiger charge is 2.16. The van der Waals surface area contributed by atoms with Crippen molar-refractivity contribution in [3.63, 3.8) is 0 Å². The average molecular weight is 362 g/mol. The van der Waals surface area contributed by atoms with E-state index < -0.39 is 0 Å². The van der Waals surface area contributed by atoms with E-state index in [0.29, 0.717) is 18.8 Å². The summed E-state index contributed by atoms with van der Waals surface area (Å²) in [7, 11) is 1.88. The van der Waals surface area contributed by atoms with Crippen LogP contribution >= 0.6 is 0 Å². The summed E-state index contributed by atoms with van der Waals surface area (Å²) in [5.74, 6) is -0.124. The molecule has 1 aliphatic rings. The Morgan fingerprint density at radius 1 is 1.07 bits per heavy atom. The van der Waals surface area contributed by atoms with Crippen molar-refractivity contribution >= 4 is 17.3 Å². The van der Waals surface area contributed by atoms with Gasteiger partial charge in [0.15, 0.2) is 0 Å². The summed E-state index contributed by atoms with van der Waals surface area (Å²) < 4.78 is 7.18. The molecule has 0 saturated carbocycles. The van der Waals surface area contributed by atoms with Crippen molar-refractivity contribution in [2.75, 3.05) is 36.5 Å². The SMILES string of the molecule is Cn1cc(-c2cccc(C(=O)Nc3ccccc3N3CCOCC3)c2)cn1. The summed E-state index contributed by atoms with van der Waals surface area (Å²) in [6.07, 6.45) is 3.73. The van der Waals surface area contributed by atoms with Crippen LogP contribution in [0.3, 0.4) is 0 Å². The van der Waals surface area contributed by atoms with Crippen LogP contribution in [0.2, 0.25) is 0 Å². The lowest BCUT2D eigenvalue weighted by Crippen LogP contribution is -2.36. The summed E-state index contributed by atoms with van der Waals surface area (Å²) in [5, 5.41) is 7.26. The molecule has 6 nitrogen and oxygen atoms in total. The summed E-state index contributed by atoms with van der Waals surface area (Å²) in [4.78, 5) is 15.1. The fourth-order valence-electron chi connectivity index (χ4n) is 3.26. The zero-order valence-electron chi connectivity index (χ0n) is 15.3. The highest BCUT2D eigenvalue weighted by Crippen LogP contribution is 2.27. The van der Waals surface area contributed by atoms with Crippen LogP contribution < -0.4 is 10.2 Å². The summed E-state index contributed by atoms with van der Waals surface area (Å²) in [5.41, 5.74) is 4.42. The number of aryl methyl sites for hydroxylation is 1. The van der Waals surface area contributed by atoms with E-state index in [0.717, 1.165) is 35.6 Å². The van der Waals surface area contributed by atoms with Crippen molar-refractivity contribution in [1.82, 2.24) is 9.78 Å². The molecule has 1 aromatic heterocycles. The molecule has 1 aliphatic heterocycles. The fourth-order valence-corrected chi connectivity index (χ4v) is 3.26. The van der Waals surface area contributed by atoms with Crippen LogP contribution in [-0.4, -0.2) is 42.0 Å². The first-order valence-electron chi connectivity index (χ1n) is 9.03. The molecule has 4 rings (SSSR count). The quantitative estimate of drug-likeness (QED) is 0.774. The number of carbonyl (C=O) groups excluding carboxylic acids is 1. The second-order valence-corrected chi connectivity index (χ2v) is 6.55. The minimum absolute atomic E-state index is 0.124. The average Bonchev–Trinajstić information content (AvgIpc) is 3.15. The van der Waals surface area contributed by atoms with Crippen LogP contribution in [0.5, 0.6) is 0 Å². The third-order valence-corrected chi connectivity index (χ3v) is 4.67. The third kappa shape index (κ3) is 3.85. The van der Waals surface area contributed by atoms with Gasteiger partial charge in [0.25, 0.3) is 5.91 Å². The molecule has 0 radical (unpaired) electrons. The lowest BCUT2D eigenvalue weighted by Gasteiger charge is -2.30. The first-order valence-corrected chi connectivity index (χ1v) is 9.03. The zero-order chi connectivity index (χ0) is 18.6. The number of carbonyl (C=O) groups is 1. The van der Waals surface area contributed by atoms with Gasteiger partial charge in [0.1, 0.15) is 0 Å². The second kappa shape index (κ2) is 7.63. The number of amides is 1. The lowest BCUT2D eigenvalue weighted by atomic mass is 10.1. The smallest absolute Gasteiger partial charge is 0.255 e. The molecule has 2 heterocycles. The van der Waals surface area contributed by atoms with E-state index in [4.69, 9.17) is 4.74 Å². The molecular formula is C21H22N4O2. The van der Waals surface area contributed by atoms with Gasteiger partial charge in [-0.15, -0.1) is 0 Å². The van der Waals surface area contributed by atoms with Crippen LogP contribution in [0.1, 0.15) is 10.4 Å². The van der Waals surface area contributed by atoms with Gasteiger partial charge in [-0.25, -0.2) is 0 Å². The topological polar surface area (TPSA) is 59.4 Å². The van der Waals surface area contributed by atoms with Crippen LogP contribution in [0, 0.1) is 0 Å². The Labute approximate surface area is 158 Å². The number of anilines is 2. The van der Waals surface area contributed by atoms with E-state index in [-0.39, 0.29) is 5.91 Å². The number of morpholine rings is 1. The Morgan fingerprint density at radius 3 is 2.67 bits per heavy atom. The Balaban J connectivity index is 1.56. The van der Waals surface area contributed by atoms with Gasteiger partial charge in [0.05, 0.1) is 30.8 Å². The Bertz CT molecular complexity index is 945. The maximum absolute atomic E-state index is 12.9. The van der Waals surface area contributed by atoms with Gasteiger partial charge in [0.2, 0.25) is 0 Å². The Hall–Kier alpha value is -3.12. The molecule has 0 bridgehead atoms. The molecule has 1 N–H and O–H groups in total. The van der Waals surface area contributed by atoms with E-state index in [1.54, 1.807) is 10.9 Å². The molecular weight excluding hydrogens is 340 g/mol. The van der Waals surface area contributed by atoms with Crippen molar-refractivity contribution in [2.45, 2.75) is 0 Å². The molecule has 0 spiro atoms. The number of aromatic nitrogens is 2. The number of hydrogen-bond donors (Lipinski definition) is 1. The van der Waals surface area contributed by atoms with Crippen LogP contribution in [0.25, 0.3) is 11.1 Å². The second-order valence-electron chi connectivity index (χ2n) is 6.55. The minimum Gasteiger partial charge on any atom is -0.378 e. The fraction of sp³-hybridized carbons (Fsp3) is 0.238. The number of ether oxygens (including phenoxy) is 1. The standard InChI is InChI=1S/C21H22N4O2/c1-24-15-18(14-22-24)16-5-4-6-17(13-16)21(26)23-19-7-2-3-8-20(19)25-9-11-27-12-10-25/h2-8,13-15H,9-12H2,1H3,(H,23,26). The van der Waals surface area contributed by atoms with E-state index >= 15 is 0 Å². The van der Waals surface area contributed by atoms with Gasteiger partial charge in [-0.2, -0.15) is 5.10 Å². The first kappa shape index (κ1) is 17.3. The van der Waals surface area contributed by atoms with Crippen molar-refractivity contribution in [3.8, 4) is 11.1 Å². The van der Waals surface area contributed by atoms with Gasteiger partial charge in [-0.05, 0) is 29.8 Å². The van der Waals surface area contributed by atoms with Gasteiger partial charge < -0.3 is 15.0 Å². The van der Waals surface area contributed by atoms with E-state index in [1.807, 2.05) is 61.8 Å². The zero-order valence-corrected chi connectivity index (χ0v) is 15.3. The molecule has 27 heavy (non-hydrogen) atoms. The van der Waals surface area contributed by atoms with E-state index in [9.17, 15) is 4.79 Å². The number of nitrogens with one attached hydrogen (secondary N) is 1. The monoisotopic (exact) mass is 362 g/mol. The van der Waals surface area contributed by atoms with Gasteiger partial charge in [-0.3, -0.25) is 9.48 Å². The highest BCUT2D eigenvalue weighted by atomic mass is 16.5. The summed E-state index contributed by atoms with van der Waals surface area (Å²) >= 11 is 0. The third-order valence-electron chi connectivity index (χ3n) is 4.67. The summed E-state index contributed by atoms with van der Waals surface area (Å²) in [6.45, 7) is 3.05. The molecule has 1 fully saturated rings. The maximum Gasteiger partial charge on any atom is 0.255 e. The van der Waals surface area contributed by atoms with Gasteiger partial charge in [0, 0.05) is 37.5 Å². The predicted octanol–water partition coefficient (Wildman–Crippen LogP) is 3.18. The molecule has 2 aromatic carbocycles. The number of para-hydroxylation sites is 2. The van der Waals surface area contributed by atoms with E-state index in [2.05, 4.69) is 15.3 Å². The molecule has 0 unspecified atom stereocenters. The van der Waals surface area contributed by atoms with Gasteiger partial charge in [-0.1, -0.05) is 24.3 Å². The van der Waals surface area contributed by atoms with Crippen molar-refractivity contribution in [3.05, 3.63) is 66.5 Å². The van der Waals surface area contributed by atoms with Crippen LogP contribution in [0.15, 0.2) is 60.9 Å². The van der Waals surface area contributed by atoms with Crippen LogP contribution in [0.4, 0.5) is 11.4 Å². The number of nitrogens with zero attached hydrogens (tertiary/aromatic N) is 3. The predicted molar refractivity (Wildman–Crippen MR) is 106 cm³/mol. The Morgan fingerprint density at radius 2 is 1.89 bits per heavy atom. The molecule has 0 aliphatic carbocycles. The summed E-state index contributed by atoms with van der Waals surface area (Å²) in [6, 6.07) is 15.5. The van der Waals surface area contributed by atoms with Gasteiger partial charge >= 0.3 is 0 Å². The highest BCUT2D eigenvalue weighted by molar-refractivity contribution is 6.06. The molecule has 1 amide bonds. The number of rotatable bonds is 4.